The van der Waals surface area contributed by atoms with Crippen molar-refractivity contribution in [1.82, 2.24) is 15.2 Å². The predicted molar refractivity (Wildman–Crippen MR) is 98.1 cm³/mol. The topological polar surface area (TPSA) is 43.8 Å². The van der Waals surface area contributed by atoms with E-state index in [-0.39, 0.29) is 0 Å². The van der Waals surface area contributed by atoms with Crippen molar-refractivity contribution in [3.05, 3.63) is 24.4 Å². The second-order valence-corrected chi connectivity index (χ2v) is 6.04. The van der Waals surface area contributed by atoms with Gasteiger partial charge in [0.15, 0.2) is 5.96 Å². The molecule has 0 atom stereocenters. The number of nitrogens with one attached hydrogen (secondary N) is 1. The van der Waals surface area contributed by atoms with Crippen LogP contribution >= 0.6 is 0 Å². The van der Waals surface area contributed by atoms with Crippen molar-refractivity contribution in [3.63, 3.8) is 0 Å². The molecule has 0 aromatic carbocycles. The van der Waals surface area contributed by atoms with E-state index in [4.69, 9.17) is 4.99 Å². The Morgan fingerprint density at radius 1 is 1.17 bits per heavy atom. The first-order valence-electron chi connectivity index (χ1n) is 8.97. The molecule has 1 fully saturated rings. The Morgan fingerprint density at radius 3 is 2.48 bits per heavy atom. The van der Waals surface area contributed by atoms with E-state index in [9.17, 15) is 0 Å². The van der Waals surface area contributed by atoms with E-state index in [1.165, 1.54) is 12.8 Å². The maximum Gasteiger partial charge on any atom is 0.194 e. The molecule has 0 aliphatic carbocycles. The number of piperazine rings is 1. The van der Waals surface area contributed by atoms with E-state index in [2.05, 4.69) is 53.0 Å². The van der Waals surface area contributed by atoms with Crippen LogP contribution in [0.4, 0.5) is 5.82 Å². The summed E-state index contributed by atoms with van der Waals surface area (Å²) in [5, 5.41) is 3.45. The van der Waals surface area contributed by atoms with E-state index < -0.39 is 0 Å². The van der Waals surface area contributed by atoms with Gasteiger partial charge in [-0.1, -0.05) is 32.8 Å². The Labute approximate surface area is 140 Å². The van der Waals surface area contributed by atoms with Crippen LogP contribution in [-0.2, 0) is 0 Å². The zero-order valence-electron chi connectivity index (χ0n) is 14.8. The minimum absolute atomic E-state index is 0.693. The number of pyridine rings is 1. The highest BCUT2D eigenvalue weighted by Gasteiger charge is 2.20. The molecule has 1 aromatic heterocycles. The van der Waals surface area contributed by atoms with Crippen molar-refractivity contribution in [2.45, 2.75) is 33.6 Å². The third-order valence-corrected chi connectivity index (χ3v) is 4.54. The molecule has 1 aliphatic rings. The Balaban J connectivity index is 1.93. The Hall–Kier alpha value is -1.78. The van der Waals surface area contributed by atoms with Gasteiger partial charge in [-0.2, -0.15) is 0 Å². The summed E-state index contributed by atoms with van der Waals surface area (Å²) in [5.41, 5.74) is 0. The summed E-state index contributed by atoms with van der Waals surface area (Å²) in [6.07, 6.45) is 4.27. The maximum absolute atomic E-state index is 4.87. The van der Waals surface area contributed by atoms with Crippen molar-refractivity contribution >= 4 is 11.8 Å². The number of nitrogens with zero attached hydrogens (tertiary/aromatic N) is 4. The van der Waals surface area contributed by atoms with E-state index in [0.29, 0.717) is 5.92 Å². The van der Waals surface area contributed by atoms with Gasteiger partial charge in [0.25, 0.3) is 0 Å². The van der Waals surface area contributed by atoms with Crippen LogP contribution in [-0.4, -0.2) is 55.1 Å². The Morgan fingerprint density at radius 2 is 1.91 bits per heavy atom. The smallest absolute Gasteiger partial charge is 0.194 e. The molecule has 128 valence electrons. The lowest BCUT2D eigenvalue weighted by atomic mass is 10.0. The minimum Gasteiger partial charge on any atom is -0.357 e. The molecule has 0 unspecified atom stereocenters. The van der Waals surface area contributed by atoms with Crippen LogP contribution in [0.1, 0.15) is 33.6 Å². The highest BCUT2D eigenvalue weighted by molar-refractivity contribution is 5.80. The average Bonchev–Trinajstić information content (AvgIpc) is 2.62. The molecule has 0 spiro atoms. The standard InChI is InChI=1S/C18H31N5/c1-4-16(5-2)15-21-18(19-6-3)23-13-11-22(12-14-23)17-9-7-8-10-20-17/h7-10,16H,4-6,11-15H2,1-3H3,(H,19,21). The van der Waals surface area contributed by atoms with Crippen molar-refractivity contribution in [2.75, 3.05) is 44.2 Å². The third kappa shape index (κ3) is 5.12. The second kappa shape index (κ2) is 9.38. The summed E-state index contributed by atoms with van der Waals surface area (Å²) >= 11 is 0. The molecule has 0 saturated carbocycles. The van der Waals surface area contributed by atoms with Gasteiger partial charge in [0.1, 0.15) is 5.82 Å². The van der Waals surface area contributed by atoms with Gasteiger partial charge in [-0.25, -0.2) is 4.98 Å². The van der Waals surface area contributed by atoms with Crippen LogP contribution in [0.25, 0.3) is 0 Å². The van der Waals surface area contributed by atoms with E-state index in [1.807, 2.05) is 12.3 Å². The highest BCUT2D eigenvalue weighted by atomic mass is 15.4. The lowest BCUT2D eigenvalue weighted by molar-refractivity contribution is 0.369. The number of hydrogen-bond acceptors (Lipinski definition) is 3. The number of rotatable bonds is 6. The van der Waals surface area contributed by atoms with Crippen LogP contribution in [0.2, 0.25) is 0 Å². The molecular weight excluding hydrogens is 286 g/mol. The molecule has 1 aromatic rings. The molecule has 1 N–H and O–H groups in total. The first-order valence-corrected chi connectivity index (χ1v) is 8.97. The molecule has 0 bridgehead atoms. The van der Waals surface area contributed by atoms with Gasteiger partial charge in [-0.15, -0.1) is 0 Å². The lowest BCUT2D eigenvalue weighted by Crippen LogP contribution is -2.52. The SMILES string of the molecule is CCNC(=NCC(CC)CC)N1CCN(c2ccccn2)CC1. The van der Waals surface area contributed by atoms with Gasteiger partial charge < -0.3 is 15.1 Å². The van der Waals surface area contributed by atoms with E-state index >= 15 is 0 Å². The zero-order chi connectivity index (χ0) is 16.5. The minimum atomic E-state index is 0.693. The summed E-state index contributed by atoms with van der Waals surface area (Å²) in [7, 11) is 0. The third-order valence-electron chi connectivity index (χ3n) is 4.54. The zero-order valence-corrected chi connectivity index (χ0v) is 14.8. The van der Waals surface area contributed by atoms with Crippen LogP contribution in [0.15, 0.2) is 29.4 Å². The second-order valence-electron chi connectivity index (χ2n) is 6.04. The fraction of sp³-hybridized carbons (Fsp3) is 0.667. The molecule has 1 aliphatic heterocycles. The van der Waals surface area contributed by atoms with Crippen molar-refractivity contribution in [2.24, 2.45) is 10.9 Å². The molecule has 2 heterocycles. The monoisotopic (exact) mass is 317 g/mol. The van der Waals surface area contributed by atoms with Gasteiger partial charge in [-0.3, -0.25) is 4.99 Å². The predicted octanol–water partition coefficient (Wildman–Crippen LogP) is 2.61. The fourth-order valence-electron chi connectivity index (χ4n) is 2.88. The largest absolute Gasteiger partial charge is 0.357 e. The van der Waals surface area contributed by atoms with Gasteiger partial charge in [0, 0.05) is 45.5 Å². The molecule has 23 heavy (non-hydrogen) atoms. The van der Waals surface area contributed by atoms with Crippen molar-refractivity contribution in [1.29, 1.82) is 0 Å². The number of hydrogen-bond donors (Lipinski definition) is 1. The van der Waals surface area contributed by atoms with Gasteiger partial charge in [-0.05, 0) is 25.0 Å². The number of guanidine groups is 1. The molecule has 0 amide bonds. The average molecular weight is 317 g/mol. The van der Waals surface area contributed by atoms with E-state index in [0.717, 1.165) is 51.0 Å². The number of aliphatic imine (C=N–C) groups is 1. The van der Waals surface area contributed by atoms with Crippen molar-refractivity contribution in [3.8, 4) is 0 Å². The van der Waals surface area contributed by atoms with Crippen LogP contribution < -0.4 is 10.2 Å². The normalized spacial score (nSPS) is 16.1. The summed E-state index contributed by atoms with van der Waals surface area (Å²) in [6.45, 7) is 12.5. The molecule has 5 heteroatoms. The summed E-state index contributed by atoms with van der Waals surface area (Å²) in [6, 6.07) is 6.10. The van der Waals surface area contributed by atoms with Crippen LogP contribution in [0.3, 0.4) is 0 Å². The lowest BCUT2D eigenvalue weighted by Gasteiger charge is -2.37. The van der Waals surface area contributed by atoms with Gasteiger partial charge >= 0.3 is 0 Å². The first kappa shape index (κ1) is 17.6. The Bertz CT molecular complexity index is 462. The highest BCUT2D eigenvalue weighted by Crippen LogP contribution is 2.13. The fourth-order valence-corrected chi connectivity index (χ4v) is 2.88. The first-order chi connectivity index (χ1) is 11.3. The summed E-state index contributed by atoms with van der Waals surface area (Å²) < 4.78 is 0. The number of aromatic nitrogens is 1. The van der Waals surface area contributed by atoms with Crippen LogP contribution in [0, 0.1) is 5.92 Å². The van der Waals surface area contributed by atoms with Gasteiger partial charge in [0.05, 0.1) is 0 Å². The molecule has 2 rings (SSSR count). The molecule has 5 nitrogen and oxygen atoms in total. The van der Waals surface area contributed by atoms with Gasteiger partial charge in [0.2, 0.25) is 0 Å². The molecule has 0 radical (unpaired) electrons. The summed E-state index contributed by atoms with van der Waals surface area (Å²) in [5.74, 6) is 2.84. The van der Waals surface area contributed by atoms with Crippen LogP contribution in [0.5, 0.6) is 0 Å². The molecule has 1 saturated heterocycles. The summed E-state index contributed by atoms with van der Waals surface area (Å²) in [4.78, 5) is 14.1. The van der Waals surface area contributed by atoms with E-state index in [1.54, 1.807) is 0 Å². The number of anilines is 1. The quantitative estimate of drug-likeness (QED) is 0.647. The Kier molecular flexibility index (Phi) is 7.17. The maximum atomic E-state index is 4.87. The van der Waals surface area contributed by atoms with Crippen molar-refractivity contribution < 1.29 is 0 Å². The molecular formula is C18H31N5.